The molecule has 1 N–H and O–H groups in total. The van der Waals surface area contributed by atoms with Crippen molar-refractivity contribution in [1.82, 2.24) is 10.5 Å². The number of aromatic nitrogens is 1. The van der Waals surface area contributed by atoms with E-state index in [1.54, 1.807) is 6.26 Å². The van der Waals surface area contributed by atoms with Gasteiger partial charge in [-0.15, -0.1) is 0 Å². The zero-order valence-corrected chi connectivity index (χ0v) is 10.6. The third-order valence-corrected chi connectivity index (χ3v) is 2.97. The Hall–Kier alpha value is -2.01. The average molecular weight is 260 g/mol. The summed E-state index contributed by atoms with van der Waals surface area (Å²) in [6.07, 6.45) is 2.49. The predicted octanol–water partition coefficient (Wildman–Crippen LogP) is 2.13. The van der Waals surface area contributed by atoms with E-state index in [-0.39, 0.29) is 0 Å². The Morgan fingerprint density at radius 1 is 1.11 bits per heavy atom. The van der Waals surface area contributed by atoms with Crippen molar-refractivity contribution in [3.63, 3.8) is 0 Å². The first kappa shape index (κ1) is 12.0. The fourth-order valence-electron chi connectivity index (χ4n) is 2.05. The Kier molecular flexibility index (Phi) is 3.65. The van der Waals surface area contributed by atoms with Gasteiger partial charge >= 0.3 is 0 Å². The molecule has 100 valence electrons. The van der Waals surface area contributed by atoms with E-state index in [2.05, 4.69) is 10.5 Å². The Morgan fingerprint density at radius 3 is 2.95 bits per heavy atom. The van der Waals surface area contributed by atoms with E-state index in [0.29, 0.717) is 26.3 Å². The van der Waals surface area contributed by atoms with Gasteiger partial charge in [0.15, 0.2) is 11.5 Å². The molecular weight excluding hydrogens is 244 g/mol. The summed E-state index contributed by atoms with van der Waals surface area (Å²) in [6.45, 7) is 2.79. The SMILES string of the molecule is c1cc(CNCc2ccon2)c2c(c1)OCCCO2. The minimum absolute atomic E-state index is 0.668. The summed E-state index contributed by atoms with van der Waals surface area (Å²) in [5.41, 5.74) is 1.99. The number of benzene rings is 1. The van der Waals surface area contributed by atoms with Gasteiger partial charge in [-0.2, -0.15) is 0 Å². The molecule has 5 heteroatoms. The maximum Gasteiger partial charge on any atom is 0.165 e. The standard InChI is InChI=1S/C14H16N2O3/c1-3-11(9-15-10-12-5-8-19-16-12)14-13(4-1)17-6-2-7-18-14/h1,3-5,8,15H,2,6-7,9-10H2. The van der Waals surface area contributed by atoms with E-state index >= 15 is 0 Å². The fourth-order valence-corrected chi connectivity index (χ4v) is 2.05. The van der Waals surface area contributed by atoms with Gasteiger partial charge in [-0.05, 0) is 6.07 Å². The van der Waals surface area contributed by atoms with Crippen LogP contribution in [0.3, 0.4) is 0 Å². The van der Waals surface area contributed by atoms with Gasteiger partial charge in [-0.1, -0.05) is 17.3 Å². The first-order chi connectivity index (χ1) is 9.43. The first-order valence-electron chi connectivity index (χ1n) is 6.41. The number of hydrogen-bond acceptors (Lipinski definition) is 5. The molecule has 3 rings (SSSR count). The Bertz CT molecular complexity index is 525. The van der Waals surface area contributed by atoms with Crippen LogP contribution in [0.4, 0.5) is 0 Å². The zero-order valence-electron chi connectivity index (χ0n) is 10.6. The number of rotatable bonds is 4. The number of nitrogens with one attached hydrogen (secondary N) is 1. The quantitative estimate of drug-likeness (QED) is 0.912. The van der Waals surface area contributed by atoms with Crippen molar-refractivity contribution in [3.8, 4) is 11.5 Å². The summed E-state index contributed by atoms with van der Waals surface area (Å²) in [4.78, 5) is 0. The molecule has 1 aliphatic rings. The second-order valence-electron chi connectivity index (χ2n) is 4.39. The first-order valence-corrected chi connectivity index (χ1v) is 6.41. The molecule has 0 fully saturated rings. The van der Waals surface area contributed by atoms with Gasteiger partial charge in [0.05, 0.1) is 18.9 Å². The van der Waals surface area contributed by atoms with E-state index in [0.717, 1.165) is 29.2 Å². The number of para-hydroxylation sites is 1. The van der Waals surface area contributed by atoms with Gasteiger partial charge in [0.1, 0.15) is 6.26 Å². The summed E-state index contributed by atoms with van der Waals surface area (Å²) < 4.78 is 16.2. The topological polar surface area (TPSA) is 56.5 Å². The predicted molar refractivity (Wildman–Crippen MR) is 69.1 cm³/mol. The molecule has 0 saturated carbocycles. The monoisotopic (exact) mass is 260 g/mol. The maximum absolute atomic E-state index is 5.77. The molecule has 1 aliphatic heterocycles. The second-order valence-corrected chi connectivity index (χ2v) is 4.39. The molecule has 19 heavy (non-hydrogen) atoms. The normalized spacial score (nSPS) is 14.1. The summed E-state index contributed by atoms with van der Waals surface area (Å²) in [6, 6.07) is 7.82. The van der Waals surface area contributed by atoms with E-state index in [4.69, 9.17) is 14.0 Å². The molecule has 0 saturated heterocycles. The van der Waals surface area contributed by atoms with E-state index < -0.39 is 0 Å². The van der Waals surface area contributed by atoms with Crippen LogP contribution >= 0.6 is 0 Å². The third kappa shape index (κ3) is 2.88. The van der Waals surface area contributed by atoms with Gasteiger partial charge < -0.3 is 19.3 Å². The van der Waals surface area contributed by atoms with Crippen molar-refractivity contribution in [2.45, 2.75) is 19.5 Å². The lowest BCUT2D eigenvalue weighted by Gasteiger charge is -2.12. The fraction of sp³-hybridized carbons (Fsp3) is 0.357. The lowest BCUT2D eigenvalue weighted by Crippen LogP contribution is -2.14. The summed E-state index contributed by atoms with van der Waals surface area (Å²) in [5.74, 6) is 1.69. The van der Waals surface area contributed by atoms with Crippen LogP contribution in [-0.2, 0) is 13.1 Å². The molecule has 2 heterocycles. The van der Waals surface area contributed by atoms with Gasteiger partial charge in [-0.3, -0.25) is 0 Å². The van der Waals surface area contributed by atoms with Crippen LogP contribution in [0, 0.1) is 0 Å². The van der Waals surface area contributed by atoms with E-state index in [9.17, 15) is 0 Å². The van der Waals surface area contributed by atoms with Crippen molar-refractivity contribution in [3.05, 3.63) is 41.8 Å². The van der Waals surface area contributed by atoms with Crippen molar-refractivity contribution < 1.29 is 14.0 Å². The molecule has 0 spiro atoms. The molecule has 0 unspecified atom stereocenters. The van der Waals surface area contributed by atoms with Gasteiger partial charge in [0.2, 0.25) is 0 Å². The smallest absolute Gasteiger partial charge is 0.165 e. The molecular formula is C14H16N2O3. The van der Waals surface area contributed by atoms with Crippen molar-refractivity contribution in [2.24, 2.45) is 0 Å². The summed E-state index contributed by atoms with van der Waals surface area (Å²) >= 11 is 0. The van der Waals surface area contributed by atoms with Crippen LogP contribution < -0.4 is 14.8 Å². The molecule has 5 nitrogen and oxygen atoms in total. The van der Waals surface area contributed by atoms with Crippen LogP contribution in [0.25, 0.3) is 0 Å². The average Bonchev–Trinajstić information content (AvgIpc) is 2.82. The minimum atomic E-state index is 0.668. The third-order valence-electron chi connectivity index (χ3n) is 2.97. The Balaban J connectivity index is 1.67. The minimum Gasteiger partial charge on any atom is -0.490 e. The highest BCUT2D eigenvalue weighted by Gasteiger charge is 2.13. The number of nitrogens with zero attached hydrogens (tertiary/aromatic N) is 1. The highest BCUT2D eigenvalue weighted by Crippen LogP contribution is 2.33. The van der Waals surface area contributed by atoms with E-state index in [1.165, 1.54) is 0 Å². The van der Waals surface area contributed by atoms with Gasteiger partial charge in [0.25, 0.3) is 0 Å². The number of ether oxygens (including phenoxy) is 2. The largest absolute Gasteiger partial charge is 0.490 e. The van der Waals surface area contributed by atoms with Crippen LogP contribution in [0.1, 0.15) is 17.7 Å². The molecule has 1 aromatic heterocycles. The molecule has 1 aromatic carbocycles. The number of hydrogen-bond donors (Lipinski definition) is 1. The number of fused-ring (bicyclic) bond motifs is 1. The molecule has 0 aliphatic carbocycles. The zero-order chi connectivity index (χ0) is 12.9. The van der Waals surface area contributed by atoms with Crippen LogP contribution in [0.5, 0.6) is 11.5 Å². The van der Waals surface area contributed by atoms with Gasteiger partial charge in [-0.25, -0.2) is 0 Å². The van der Waals surface area contributed by atoms with Crippen molar-refractivity contribution in [2.75, 3.05) is 13.2 Å². The molecule has 0 radical (unpaired) electrons. The Labute approximate surface area is 111 Å². The maximum atomic E-state index is 5.77. The summed E-state index contributed by atoms with van der Waals surface area (Å²) in [7, 11) is 0. The lowest BCUT2D eigenvalue weighted by molar-refractivity contribution is 0.296. The molecule has 0 amide bonds. The van der Waals surface area contributed by atoms with Crippen LogP contribution in [-0.4, -0.2) is 18.4 Å². The highest BCUT2D eigenvalue weighted by molar-refractivity contribution is 5.47. The van der Waals surface area contributed by atoms with E-state index in [1.807, 2.05) is 24.3 Å². The lowest BCUT2D eigenvalue weighted by atomic mass is 10.2. The van der Waals surface area contributed by atoms with Crippen LogP contribution in [0.2, 0.25) is 0 Å². The van der Waals surface area contributed by atoms with Crippen molar-refractivity contribution >= 4 is 0 Å². The molecule has 2 aromatic rings. The summed E-state index contributed by atoms with van der Waals surface area (Å²) in [5, 5.41) is 7.17. The highest BCUT2D eigenvalue weighted by atomic mass is 16.5. The van der Waals surface area contributed by atoms with Gasteiger partial charge in [0, 0.05) is 31.1 Å². The van der Waals surface area contributed by atoms with Crippen LogP contribution in [0.15, 0.2) is 35.1 Å². The van der Waals surface area contributed by atoms with Crippen molar-refractivity contribution in [1.29, 1.82) is 0 Å². The Morgan fingerprint density at radius 2 is 2.05 bits per heavy atom. The molecule has 0 atom stereocenters. The molecule has 0 bridgehead atoms. The second kappa shape index (κ2) is 5.75.